The van der Waals surface area contributed by atoms with E-state index in [4.69, 9.17) is 4.52 Å². The van der Waals surface area contributed by atoms with E-state index in [1.165, 1.54) is 0 Å². The van der Waals surface area contributed by atoms with Gasteiger partial charge in [-0.3, -0.25) is 14.7 Å². The zero-order valence-electron chi connectivity index (χ0n) is 14.0. The number of benzene rings is 1. The van der Waals surface area contributed by atoms with Crippen molar-refractivity contribution in [2.75, 3.05) is 0 Å². The molecule has 2 aromatic heterocycles. The van der Waals surface area contributed by atoms with Crippen molar-refractivity contribution in [3.05, 3.63) is 72.2 Å². The Hall–Kier alpha value is -3.48. The molecule has 1 aliphatic heterocycles. The first kappa shape index (κ1) is 16.0. The van der Waals surface area contributed by atoms with Crippen LogP contribution in [0.1, 0.15) is 18.4 Å². The van der Waals surface area contributed by atoms with Gasteiger partial charge in [0.25, 0.3) is 5.91 Å². The summed E-state index contributed by atoms with van der Waals surface area (Å²) < 4.78 is 5.31. The Morgan fingerprint density at radius 3 is 2.62 bits per heavy atom. The molecule has 0 unspecified atom stereocenters. The molecule has 3 heterocycles. The molecule has 130 valence electrons. The summed E-state index contributed by atoms with van der Waals surface area (Å²) in [7, 11) is 0. The molecule has 1 aliphatic rings. The summed E-state index contributed by atoms with van der Waals surface area (Å²) in [5.74, 6) is 0.0523. The van der Waals surface area contributed by atoms with Crippen LogP contribution in [0.4, 0.5) is 4.79 Å². The lowest BCUT2D eigenvalue weighted by Gasteiger charge is -2.20. The van der Waals surface area contributed by atoms with Crippen LogP contribution in [0.25, 0.3) is 11.3 Å². The molecular weight excluding hydrogens is 332 g/mol. The molecule has 3 aromatic rings. The molecule has 0 bridgehead atoms. The number of pyridine rings is 1. The van der Waals surface area contributed by atoms with Gasteiger partial charge in [-0.2, -0.15) is 0 Å². The second-order valence-corrected chi connectivity index (χ2v) is 6.21. The van der Waals surface area contributed by atoms with Crippen molar-refractivity contribution in [1.29, 1.82) is 0 Å². The minimum absolute atomic E-state index is 0.00687. The van der Waals surface area contributed by atoms with Crippen LogP contribution in [0.3, 0.4) is 0 Å². The highest BCUT2D eigenvalue weighted by Gasteiger charge is 2.50. The number of rotatable bonds is 4. The van der Waals surface area contributed by atoms with Gasteiger partial charge in [0, 0.05) is 17.8 Å². The van der Waals surface area contributed by atoms with E-state index in [1.54, 1.807) is 37.4 Å². The van der Waals surface area contributed by atoms with Gasteiger partial charge in [0.2, 0.25) is 0 Å². The fraction of sp³-hybridized carbons (Fsp3) is 0.158. The number of carbonyl (C=O) groups is 2. The molecule has 1 aromatic carbocycles. The van der Waals surface area contributed by atoms with Crippen molar-refractivity contribution in [2.24, 2.45) is 0 Å². The standard InChI is InChI=1S/C19H16N4O3/c1-19(16-9-5-6-10-20-16)17(24)23(18(25)21-19)12-14-11-15(22-26-14)13-7-3-2-4-8-13/h2-11H,12H2,1H3,(H,21,25)/t19-/m0/s1. The zero-order valence-corrected chi connectivity index (χ0v) is 14.0. The Morgan fingerprint density at radius 2 is 1.88 bits per heavy atom. The van der Waals surface area contributed by atoms with Gasteiger partial charge in [-0.25, -0.2) is 4.79 Å². The summed E-state index contributed by atoms with van der Waals surface area (Å²) in [6, 6.07) is 16.0. The second-order valence-electron chi connectivity index (χ2n) is 6.21. The molecule has 26 heavy (non-hydrogen) atoms. The van der Waals surface area contributed by atoms with Crippen LogP contribution in [0.15, 0.2) is 65.3 Å². The van der Waals surface area contributed by atoms with E-state index in [1.807, 2.05) is 30.3 Å². The molecule has 1 saturated heterocycles. The third kappa shape index (κ3) is 2.63. The van der Waals surface area contributed by atoms with Gasteiger partial charge in [-0.05, 0) is 19.1 Å². The summed E-state index contributed by atoms with van der Waals surface area (Å²) in [6.07, 6.45) is 1.59. The van der Waals surface area contributed by atoms with Gasteiger partial charge < -0.3 is 9.84 Å². The molecule has 1 N–H and O–H groups in total. The number of carbonyl (C=O) groups excluding carboxylic acids is 2. The predicted molar refractivity (Wildman–Crippen MR) is 92.6 cm³/mol. The summed E-state index contributed by atoms with van der Waals surface area (Å²) in [6.45, 7) is 1.65. The SMILES string of the molecule is C[C@@]1(c2ccccn2)NC(=O)N(Cc2cc(-c3ccccc3)no2)C1=O. The maximum Gasteiger partial charge on any atom is 0.325 e. The number of imide groups is 1. The number of hydrogen-bond acceptors (Lipinski definition) is 5. The minimum atomic E-state index is -1.19. The number of nitrogens with one attached hydrogen (secondary N) is 1. The summed E-state index contributed by atoms with van der Waals surface area (Å²) >= 11 is 0. The third-order valence-electron chi connectivity index (χ3n) is 4.39. The highest BCUT2D eigenvalue weighted by atomic mass is 16.5. The van der Waals surface area contributed by atoms with Crippen molar-refractivity contribution in [3.8, 4) is 11.3 Å². The largest absolute Gasteiger partial charge is 0.359 e. The molecule has 0 spiro atoms. The van der Waals surface area contributed by atoms with E-state index >= 15 is 0 Å². The highest BCUT2D eigenvalue weighted by Crippen LogP contribution is 2.29. The van der Waals surface area contributed by atoms with Crippen molar-refractivity contribution in [3.63, 3.8) is 0 Å². The van der Waals surface area contributed by atoms with Crippen LogP contribution in [0, 0.1) is 0 Å². The van der Waals surface area contributed by atoms with Gasteiger partial charge in [0.15, 0.2) is 11.3 Å². The van der Waals surface area contributed by atoms with Gasteiger partial charge in [0.05, 0.1) is 12.2 Å². The van der Waals surface area contributed by atoms with Crippen LogP contribution in [0.5, 0.6) is 0 Å². The van der Waals surface area contributed by atoms with E-state index in [0.717, 1.165) is 10.5 Å². The Kier molecular flexibility index (Phi) is 3.76. The van der Waals surface area contributed by atoms with Crippen LogP contribution in [0.2, 0.25) is 0 Å². The fourth-order valence-electron chi connectivity index (χ4n) is 2.96. The van der Waals surface area contributed by atoms with E-state index in [-0.39, 0.29) is 12.5 Å². The molecule has 0 saturated carbocycles. The Bertz CT molecular complexity index is 955. The summed E-state index contributed by atoms with van der Waals surface area (Å²) in [5.41, 5.74) is 0.849. The molecule has 3 amide bonds. The number of aromatic nitrogens is 2. The van der Waals surface area contributed by atoms with Crippen LogP contribution >= 0.6 is 0 Å². The average Bonchev–Trinajstić information content (AvgIpc) is 3.23. The maximum absolute atomic E-state index is 12.9. The van der Waals surface area contributed by atoms with Crippen molar-refractivity contribution >= 4 is 11.9 Å². The van der Waals surface area contributed by atoms with Crippen molar-refractivity contribution < 1.29 is 14.1 Å². The number of amides is 3. The Balaban J connectivity index is 1.57. The van der Waals surface area contributed by atoms with Gasteiger partial charge in [-0.1, -0.05) is 41.6 Å². The van der Waals surface area contributed by atoms with Gasteiger partial charge in [-0.15, -0.1) is 0 Å². The van der Waals surface area contributed by atoms with Crippen LogP contribution in [-0.4, -0.2) is 27.0 Å². The zero-order chi connectivity index (χ0) is 18.1. The average molecular weight is 348 g/mol. The van der Waals surface area contributed by atoms with E-state index in [2.05, 4.69) is 15.5 Å². The topological polar surface area (TPSA) is 88.3 Å². The molecule has 0 aliphatic carbocycles. The quantitative estimate of drug-likeness (QED) is 0.732. The smallest absolute Gasteiger partial charge is 0.325 e. The number of urea groups is 1. The molecule has 1 fully saturated rings. The molecular formula is C19H16N4O3. The van der Waals surface area contributed by atoms with E-state index in [0.29, 0.717) is 17.1 Å². The van der Waals surface area contributed by atoms with Gasteiger partial charge in [0.1, 0.15) is 5.69 Å². The monoisotopic (exact) mass is 348 g/mol. The fourth-order valence-corrected chi connectivity index (χ4v) is 2.96. The second kappa shape index (κ2) is 6.11. The molecule has 4 rings (SSSR count). The Labute approximate surface area is 149 Å². The number of nitrogens with zero attached hydrogens (tertiary/aromatic N) is 3. The van der Waals surface area contributed by atoms with Crippen LogP contribution in [-0.2, 0) is 16.9 Å². The summed E-state index contributed by atoms with van der Waals surface area (Å²) in [4.78, 5) is 30.5. The summed E-state index contributed by atoms with van der Waals surface area (Å²) in [5, 5.41) is 6.73. The first-order valence-electron chi connectivity index (χ1n) is 8.14. The van der Waals surface area contributed by atoms with E-state index < -0.39 is 11.6 Å². The lowest BCUT2D eigenvalue weighted by atomic mass is 9.97. The van der Waals surface area contributed by atoms with Crippen molar-refractivity contribution in [1.82, 2.24) is 20.4 Å². The Morgan fingerprint density at radius 1 is 1.12 bits per heavy atom. The minimum Gasteiger partial charge on any atom is -0.359 e. The molecule has 7 heteroatoms. The van der Waals surface area contributed by atoms with Crippen molar-refractivity contribution in [2.45, 2.75) is 19.0 Å². The highest BCUT2D eigenvalue weighted by molar-refractivity contribution is 6.06. The number of hydrogen-bond donors (Lipinski definition) is 1. The van der Waals surface area contributed by atoms with Crippen LogP contribution < -0.4 is 5.32 Å². The maximum atomic E-state index is 12.9. The normalized spacial score (nSPS) is 19.7. The van der Waals surface area contributed by atoms with E-state index in [9.17, 15) is 9.59 Å². The van der Waals surface area contributed by atoms with Gasteiger partial charge >= 0.3 is 6.03 Å². The first-order valence-corrected chi connectivity index (χ1v) is 8.14. The first-order chi connectivity index (χ1) is 12.6. The lowest BCUT2D eigenvalue weighted by molar-refractivity contribution is -0.131. The third-order valence-corrected chi connectivity index (χ3v) is 4.39. The lowest BCUT2D eigenvalue weighted by Crippen LogP contribution is -2.41. The molecule has 0 radical (unpaired) electrons. The molecule has 7 nitrogen and oxygen atoms in total. The molecule has 1 atom stereocenters. The predicted octanol–water partition coefficient (Wildman–Crippen LogP) is 2.70.